The Labute approximate surface area is 100 Å². The topological polar surface area (TPSA) is 72.0 Å². The predicted molar refractivity (Wildman–Crippen MR) is 62.7 cm³/mol. The van der Waals surface area contributed by atoms with Crippen molar-refractivity contribution < 1.29 is 8.42 Å². The second kappa shape index (κ2) is 6.12. The first-order valence-electron chi connectivity index (χ1n) is 4.85. The first kappa shape index (κ1) is 13.3. The molecule has 0 radical (unpaired) electrons. The van der Waals surface area contributed by atoms with Gasteiger partial charge >= 0.3 is 0 Å². The molecule has 0 saturated carbocycles. The number of halogens is 1. The lowest BCUT2D eigenvalue weighted by Crippen LogP contribution is -2.26. The van der Waals surface area contributed by atoms with Crippen LogP contribution in [0.1, 0.15) is 17.9 Å². The van der Waals surface area contributed by atoms with E-state index in [4.69, 9.17) is 11.6 Å². The van der Waals surface area contributed by atoms with Gasteiger partial charge in [-0.05, 0) is 19.4 Å². The quantitative estimate of drug-likeness (QED) is 0.772. The molecular formula is C9H14ClN3O2S. The first-order chi connectivity index (χ1) is 7.53. The van der Waals surface area contributed by atoms with Crippen molar-refractivity contribution in [3.8, 4) is 0 Å². The van der Waals surface area contributed by atoms with Gasteiger partial charge in [0.25, 0.3) is 0 Å². The molecule has 1 rings (SSSR count). The second-order valence-electron chi connectivity index (χ2n) is 3.28. The Bertz CT molecular complexity index is 436. The fraction of sp³-hybridized carbons (Fsp3) is 0.556. The molecule has 1 heterocycles. The highest BCUT2D eigenvalue weighted by Gasteiger charge is 2.09. The number of hydrogen-bond acceptors (Lipinski definition) is 4. The highest BCUT2D eigenvalue weighted by atomic mass is 35.5. The number of nitrogens with one attached hydrogen (secondary N) is 1. The van der Waals surface area contributed by atoms with Crippen molar-refractivity contribution >= 4 is 21.6 Å². The molecule has 1 aromatic heterocycles. The van der Waals surface area contributed by atoms with Gasteiger partial charge in [0, 0.05) is 12.1 Å². The molecule has 0 fully saturated rings. The SMILES string of the molecule is Cc1nccc(CNS(=O)(=O)CCCCl)n1. The molecule has 0 amide bonds. The van der Waals surface area contributed by atoms with E-state index in [1.807, 2.05) is 0 Å². The van der Waals surface area contributed by atoms with E-state index in [9.17, 15) is 8.42 Å². The van der Waals surface area contributed by atoms with Crippen LogP contribution in [0.3, 0.4) is 0 Å². The second-order valence-corrected chi connectivity index (χ2v) is 5.58. The number of sulfonamides is 1. The summed E-state index contributed by atoms with van der Waals surface area (Å²) in [6.45, 7) is 1.94. The molecule has 0 aromatic carbocycles. The van der Waals surface area contributed by atoms with Gasteiger partial charge in [-0.1, -0.05) is 0 Å². The number of alkyl halides is 1. The van der Waals surface area contributed by atoms with Crippen molar-refractivity contribution in [1.29, 1.82) is 0 Å². The Balaban J connectivity index is 2.51. The molecule has 1 N–H and O–H groups in total. The third-order valence-electron chi connectivity index (χ3n) is 1.85. The maximum atomic E-state index is 11.4. The van der Waals surface area contributed by atoms with E-state index in [1.54, 1.807) is 19.2 Å². The minimum absolute atomic E-state index is 0.0422. The molecule has 0 aliphatic heterocycles. The summed E-state index contributed by atoms with van der Waals surface area (Å²) in [5.41, 5.74) is 0.655. The molecule has 0 unspecified atom stereocenters. The van der Waals surface area contributed by atoms with Crippen LogP contribution in [0.15, 0.2) is 12.3 Å². The van der Waals surface area contributed by atoms with Gasteiger partial charge in [0.05, 0.1) is 18.0 Å². The van der Waals surface area contributed by atoms with E-state index in [1.165, 1.54) is 0 Å². The molecular weight excluding hydrogens is 250 g/mol. The standard InChI is InChI=1S/C9H14ClN3O2S/c1-8-11-5-3-9(13-8)7-12-16(14,15)6-2-4-10/h3,5,12H,2,4,6-7H2,1H3. The van der Waals surface area contributed by atoms with Gasteiger partial charge in [0.15, 0.2) is 0 Å². The van der Waals surface area contributed by atoms with Crippen molar-refractivity contribution in [3.63, 3.8) is 0 Å². The molecule has 0 atom stereocenters. The van der Waals surface area contributed by atoms with Crippen LogP contribution in [-0.2, 0) is 16.6 Å². The van der Waals surface area contributed by atoms with E-state index >= 15 is 0 Å². The smallest absolute Gasteiger partial charge is 0.211 e. The zero-order valence-electron chi connectivity index (χ0n) is 8.98. The van der Waals surface area contributed by atoms with Gasteiger partial charge < -0.3 is 0 Å². The monoisotopic (exact) mass is 263 g/mol. The summed E-state index contributed by atoms with van der Waals surface area (Å²) in [5, 5.41) is 0. The van der Waals surface area contributed by atoms with Crippen LogP contribution in [0.5, 0.6) is 0 Å². The van der Waals surface area contributed by atoms with Crippen LogP contribution in [0.2, 0.25) is 0 Å². The van der Waals surface area contributed by atoms with E-state index in [0.717, 1.165) is 0 Å². The van der Waals surface area contributed by atoms with Gasteiger partial charge in [0.1, 0.15) is 5.82 Å². The van der Waals surface area contributed by atoms with E-state index in [2.05, 4.69) is 14.7 Å². The van der Waals surface area contributed by atoms with E-state index in [-0.39, 0.29) is 12.3 Å². The number of rotatable bonds is 6. The Morgan fingerprint density at radius 3 is 2.88 bits per heavy atom. The van der Waals surface area contributed by atoms with Gasteiger partial charge in [0.2, 0.25) is 10.0 Å². The Kier molecular flexibility index (Phi) is 5.11. The van der Waals surface area contributed by atoms with Crippen LogP contribution in [0, 0.1) is 6.92 Å². The average molecular weight is 264 g/mol. The van der Waals surface area contributed by atoms with Crippen LogP contribution in [0.25, 0.3) is 0 Å². The molecule has 0 saturated heterocycles. The minimum atomic E-state index is -3.25. The summed E-state index contributed by atoms with van der Waals surface area (Å²) in [7, 11) is -3.25. The molecule has 0 bridgehead atoms. The fourth-order valence-electron chi connectivity index (χ4n) is 1.10. The summed E-state index contributed by atoms with van der Waals surface area (Å²) in [6, 6.07) is 1.68. The van der Waals surface area contributed by atoms with Crippen LogP contribution < -0.4 is 4.72 Å². The summed E-state index contributed by atoms with van der Waals surface area (Å²) in [4.78, 5) is 8.02. The van der Waals surface area contributed by atoms with Gasteiger partial charge in [-0.25, -0.2) is 23.1 Å². The number of aryl methyl sites for hydroxylation is 1. The summed E-state index contributed by atoms with van der Waals surface area (Å²) in [5.74, 6) is 1.01. The number of nitrogens with zero attached hydrogens (tertiary/aromatic N) is 2. The fourth-order valence-corrected chi connectivity index (χ4v) is 2.43. The predicted octanol–water partition coefficient (Wildman–Crippen LogP) is 0.833. The third kappa shape index (κ3) is 4.87. The maximum Gasteiger partial charge on any atom is 0.211 e. The largest absolute Gasteiger partial charge is 0.242 e. The highest BCUT2D eigenvalue weighted by molar-refractivity contribution is 7.89. The lowest BCUT2D eigenvalue weighted by Gasteiger charge is -2.05. The summed E-state index contributed by atoms with van der Waals surface area (Å²) >= 11 is 5.43. The molecule has 0 aliphatic rings. The minimum Gasteiger partial charge on any atom is -0.242 e. The Morgan fingerprint density at radius 2 is 2.25 bits per heavy atom. The first-order valence-corrected chi connectivity index (χ1v) is 7.04. The van der Waals surface area contributed by atoms with Crippen molar-refractivity contribution in [2.45, 2.75) is 19.9 Å². The molecule has 0 spiro atoms. The van der Waals surface area contributed by atoms with Crippen LogP contribution in [-0.4, -0.2) is 30.0 Å². The zero-order valence-corrected chi connectivity index (χ0v) is 10.6. The Hall–Kier alpha value is -0.720. The van der Waals surface area contributed by atoms with E-state index in [0.29, 0.717) is 23.8 Å². The summed E-state index contributed by atoms with van der Waals surface area (Å²) in [6.07, 6.45) is 2.05. The molecule has 1 aromatic rings. The van der Waals surface area contributed by atoms with Crippen molar-refractivity contribution in [2.24, 2.45) is 0 Å². The average Bonchev–Trinajstić information content (AvgIpc) is 2.24. The Morgan fingerprint density at radius 1 is 1.50 bits per heavy atom. The lowest BCUT2D eigenvalue weighted by molar-refractivity contribution is 0.579. The van der Waals surface area contributed by atoms with Crippen molar-refractivity contribution in [2.75, 3.05) is 11.6 Å². The molecule has 5 nitrogen and oxygen atoms in total. The van der Waals surface area contributed by atoms with Gasteiger partial charge in [-0.2, -0.15) is 0 Å². The highest BCUT2D eigenvalue weighted by Crippen LogP contribution is 1.97. The van der Waals surface area contributed by atoms with Crippen LogP contribution in [0.4, 0.5) is 0 Å². The van der Waals surface area contributed by atoms with Crippen LogP contribution >= 0.6 is 11.6 Å². The number of hydrogen-bond donors (Lipinski definition) is 1. The molecule has 90 valence electrons. The molecule has 0 aliphatic carbocycles. The third-order valence-corrected chi connectivity index (χ3v) is 3.53. The van der Waals surface area contributed by atoms with Gasteiger partial charge in [-0.15, -0.1) is 11.6 Å². The zero-order chi connectivity index (χ0) is 12.0. The molecule has 7 heteroatoms. The maximum absolute atomic E-state index is 11.4. The summed E-state index contributed by atoms with van der Waals surface area (Å²) < 4.78 is 25.3. The van der Waals surface area contributed by atoms with E-state index < -0.39 is 10.0 Å². The normalized spacial score (nSPS) is 11.6. The lowest BCUT2D eigenvalue weighted by atomic mass is 10.4. The molecule has 16 heavy (non-hydrogen) atoms. The van der Waals surface area contributed by atoms with Crippen molar-refractivity contribution in [1.82, 2.24) is 14.7 Å². The number of aromatic nitrogens is 2. The van der Waals surface area contributed by atoms with Crippen molar-refractivity contribution in [3.05, 3.63) is 23.8 Å². The van der Waals surface area contributed by atoms with Gasteiger partial charge in [-0.3, -0.25) is 0 Å².